The first-order valence-corrected chi connectivity index (χ1v) is 12.1. The summed E-state index contributed by atoms with van der Waals surface area (Å²) in [5, 5.41) is 0. The standard InChI is InChI=1S/C22H27FN4O4S/c1-25-14-19(12-20(25)21(24)28)32(30,31)26-10-8-16(9-11-26)22(29)27(18-6-7-18)13-15-2-4-17(23)5-3-15/h2-5,12,14,16,18H,6-11,13H2,1H3,(H2,24,28). The maximum Gasteiger partial charge on any atom is 0.265 e. The average Bonchev–Trinajstić information content (AvgIpc) is 3.53. The van der Waals surface area contributed by atoms with Gasteiger partial charge in [-0.25, -0.2) is 12.8 Å². The number of primary amides is 1. The molecule has 1 saturated carbocycles. The molecular weight excluding hydrogens is 435 g/mol. The Morgan fingerprint density at radius 1 is 1.12 bits per heavy atom. The molecule has 2 fully saturated rings. The molecule has 0 radical (unpaired) electrons. The lowest BCUT2D eigenvalue weighted by Gasteiger charge is -2.33. The van der Waals surface area contributed by atoms with E-state index in [0.717, 1.165) is 18.4 Å². The lowest BCUT2D eigenvalue weighted by Crippen LogP contribution is -2.44. The minimum absolute atomic E-state index is 0.0227. The summed E-state index contributed by atoms with van der Waals surface area (Å²) in [4.78, 5) is 26.6. The summed E-state index contributed by atoms with van der Waals surface area (Å²) in [7, 11) is -2.21. The van der Waals surface area contributed by atoms with Gasteiger partial charge in [0.05, 0.1) is 0 Å². The van der Waals surface area contributed by atoms with Gasteiger partial charge >= 0.3 is 0 Å². The van der Waals surface area contributed by atoms with Gasteiger partial charge in [-0.05, 0) is 49.4 Å². The Morgan fingerprint density at radius 3 is 2.28 bits per heavy atom. The number of hydrogen-bond donors (Lipinski definition) is 1. The smallest absolute Gasteiger partial charge is 0.265 e. The van der Waals surface area contributed by atoms with Crippen LogP contribution in [0.25, 0.3) is 0 Å². The second kappa shape index (κ2) is 8.67. The van der Waals surface area contributed by atoms with Gasteiger partial charge in [-0.1, -0.05) is 12.1 Å². The fraction of sp³-hybridized carbons (Fsp3) is 0.455. The van der Waals surface area contributed by atoms with E-state index in [1.54, 1.807) is 19.2 Å². The summed E-state index contributed by atoms with van der Waals surface area (Å²) in [6.45, 7) is 0.894. The second-order valence-electron chi connectivity index (χ2n) is 8.54. The normalized spacial score (nSPS) is 17.9. The largest absolute Gasteiger partial charge is 0.364 e. The van der Waals surface area contributed by atoms with Crippen LogP contribution < -0.4 is 5.73 Å². The fourth-order valence-corrected chi connectivity index (χ4v) is 5.75. The minimum Gasteiger partial charge on any atom is -0.364 e. The molecule has 0 spiro atoms. The molecule has 2 aromatic rings. The van der Waals surface area contributed by atoms with Gasteiger partial charge in [0, 0.05) is 44.8 Å². The van der Waals surface area contributed by atoms with E-state index in [1.165, 1.54) is 33.3 Å². The molecule has 10 heteroatoms. The highest BCUT2D eigenvalue weighted by atomic mass is 32.2. The molecule has 0 unspecified atom stereocenters. The van der Waals surface area contributed by atoms with Crippen molar-refractivity contribution in [2.75, 3.05) is 13.1 Å². The average molecular weight is 463 g/mol. The van der Waals surface area contributed by atoms with Crippen LogP contribution in [0.3, 0.4) is 0 Å². The predicted molar refractivity (Wildman–Crippen MR) is 115 cm³/mol. The van der Waals surface area contributed by atoms with Gasteiger partial charge in [0.1, 0.15) is 16.4 Å². The Morgan fingerprint density at radius 2 is 1.75 bits per heavy atom. The molecule has 1 aliphatic heterocycles. The molecule has 2 aliphatic rings. The number of sulfonamides is 1. The zero-order valence-electron chi connectivity index (χ0n) is 17.9. The van der Waals surface area contributed by atoms with Crippen molar-refractivity contribution in [1.82, 2.24) is 13.8 Å². The second-order valence-corrected chi connectivity index (χ2v) is 10.5. The zero-order valence-corrected chi connectivity index (χ0v) is 18.7. The van der Waals surface area contributed by atoms with E-state index in [1.807, 2.05) is 4.90 Å². The molecular formula is C22H27FN4O4S. The lowest BCUT2D eigenvalue weighted by atomic mass is 9.96. The number of hydrogen-bond acceptors (Lipinski definition) is 4. The summed E-state index contributed by atoms with van der Waals surface area (Å²) >= 11 is 0. The number of carbonyl (C=O) groups is 2. The maximum atomic E-state index is 13.2. The molecule has 1 aromatic heterocycles. The lowest BCUT2D eigenvalue weighted by molar-refractivity contribution is -0.138. The van der Waals surface area contributed by atoms with E-state index in [-0.39, 0.29) is 47.4 Å². The van der Waals surface area contributed by atoms with Crippen LogP contribution in [0.2, 0.25) is 0 Å². The molecule has 172 valence electrons. The number of piperidine rings is 1. The van der Waals surface area contributed by atoms with Gasteiger partial charge in [-0.2, -0.15) is 4.31 Å². The van der Waals surface area contributed by atoms with Crippen molar-refractivity contribution in [3.63, 3.8) is 0 Å². The van der Waals surface area contributed by atoms with Crippen molar-refractivity contribution in [1.29, 1.82) is 0 Å². The van der Waals surface area contributed by atoms with Crippen LogP contribution in [-0.4, -0.2) is 53.1 Å². The molecule has 4 rings (SSSR count). The SMILES string of the molecule is Cn1cc(S(=O)(=O)N2CCC(C(=O)N(Cc3ccc(F)cc3)C3CC3)CC2)cc1C(N)=O. The Kier molecular flexibility index (Phi) is 6.09. The van der Waals surface area contributed by atoms with E-state index >= 15 is 0 Å². The highest BCUT2D eigenvalue weighted by molar-refractivity contribution is 7.89. The first kappa shape index (κ1) is 22.5. The van der Waals surface area contributed by atoms with Crippen LogP contribution >= 0.6 is 0 Å². The van der Waals surface area contributed by atoms with Crippen molar-refractivity contribution in [3.8, 4) is 0 Å². The van der Waals surface area contributed by atoms with Crippen molar-refractivity contribution in [2.45, 2.75) is 43.2 Å². The van der Waals surface area contributed by atoms with Gasteiger partial charge in [0.2, 0.25) is 15.9 Å². The zero-order chi connectivity index (χ0) is 23.0. The number of nitrogens with two attached hydrogens (primary N) is 1. The van der Waals surface area contributed by atoms with Crippen molar-refractivity contribution < 1.29 is 22.4 Å². The molecule has 0 bridgehead atoms. The predicted octanol–water partition coefficient (Wildman–Crippen LogP) is 1.85. The number of nitrogens with zero attached hydrogens (tertiary/aromatic N) is 3. The molecule has 2 amide bonds. The number of amides is 2. The van der Waals surface area contributed by atoms with Crippen molar-refractivity contribution in [2.24, 2.45) is 18.7 Å². The molecule has 2 N–H and O–H groups in total. The number of rotatable bonds is 7. The fourth-order valence-electron chi connectivity index (χ4n) is 4.21. The molecule has 2 heterocycles. The van der Waals surface area contributed by atoms with Crippen molar-refractivity contribution >= 4 is 21.8 Å². The first-order valence-electron chi connectivity index (χ1n) is 10.7. The van der Waals surface area contributed by atoms with Crippen LogP contribution in [0.15, 0.2) is 41.4 Å². The van der Waals surface area contributed by atoms with Gasteiger partial charge < -0.3 is 15.2 Å². The van der Waals surface area contributed by atoms with Crippen LogP contribution in [0.4, 0.5) is 4.39 Å². The van der Waals surface area contributed by atoms with Crippen LogP contribution in [0.5, 0.6) is 0 Å². The quantitative estimate of drug-likeness (QED) is 0.678. The Hall–Kier alpha value is -2.72. The summed E-state index contributed by atoms with van der Waals surface area (Å²) in [6.07, 6.45) is 4.15. The van der Waals surface area contributed by atoms with E-state index in [0.29, 0.717) is 19.4 Å². The summed E-state index contributed by atoms with van der Waals surface area (Å²) in [5.41, 5.74) is 6.29. The molecule has 8 nitrogen and oxygen atoms in total. The minimum atomic E-state index is -3.78. The first-order chi connectivity index (χ1) is 15.2. The van der Waals surface area contributed by atoms with Crippen LogP contribution in [0, 0.1) is 11.7 Å². The van der Waals surface area contributed by atoms with E-state index in [2.05, 4.69) is 0 Å². The van der Waals surface area contributed by atoms with Crippen LogP contribution in [0.1, 0.15) is 41.7 Å². The number of halogens is 1. The van der Waals surface area contributed by atoms with E-state index in [9.17, 15) is 22.4 Å². The van der Waals surface area contributed by atoms with Crippen molar-refractivity contribution in [3.05, 3.63) is 53.6 Å². The molecule has 1 aromatic carbocycles. The summed E-state index contributed by atoms with van der Waals surface area (Å²) < 4.78 is 42.0. The van der Waals surface area contributed by atoms with Crippen LogP contribution in [-0.2, 0) is 28.4 Å². The topological polar surface area (TPSA) is 106 Å². The number of carbonyl (C=O) groups excluding carboxylic acids is 2. The molecule has 1 aliphatic carbocycles. The Labute approximate surface area is 186 Å². The van der Waals surface area contributed by atoms with Gasteiger partial charge in [0.25, 0.3) is 5.91 Å². The molecule has 0 atom stereocenters. The van der Waals surface area contributed by atoms with E-state index < -0.39 is 15.9 Å². The molecule has 32 heavy (non-hydrogen) atoms. The number of aryl methyl sites for hydroxylation is 1. The van der Waals surface area contributed by atoms with E-state index in [4.69, 9.17) is 5.73 Å². The Bertz CT molecular complexity index is 1120. The van der Waals surface area contributed by atoms with Gasteiger partial charge in [-0.3, -0.25) is 9.59 Å². The number of aromatic nitrogens is 1. The third kappa shape index (κ3) is 4.56. The third-order valence-corrected chi connectivity index (χ3v) is 8.07. The number of benzene rings is 1. The monoisotopic (exact) mass is 462 g/mol. The Balaban J connectivity index is 1.42. The third-order valence-electron chi connectivity index (χ3n) is 6.21. The summed E-state index contributed by atoms with van der Waals surface area (Å²) in [5.74, 6) is -1.23. The summed E-state index contributed by atoms with van der Waals surface area (Å²) in [6, 6.07) is 7.64. The highest BCUT2D eigenvalue weighted by Gasteiger charge is 2.39. The highest BCUT2D eigenvalue weighted by Crippen LogP contribution is 2.33. The molecule has 1 saturated heterocycles. The van der Waals surface area contributed by atoms with Gasteiger partial charge in [0.15, 0.2) is 0 Å². The maximum absolute atomic E-state index is 13.2. The van der Waals surface area contributed by atoms with Gasteiger partial charge in [-0.15, -0.1) is 0 Å².